The summed E-state index contributed by atoms with van der Waals surface area (Å²) in [5.74, 6) is 0. The number of piperazine rings is 1. The molecule has 8 heteroatoms. The molecule has 2 heterocycles. The number of rotatable bonds is 4. The lowest BCUT2D eigenvalue weighted by Gasteiger charge is -2.36. The number of hydrogen-bond donors (Lipinski definition) is 0. The van der Waals surface area contributed by atoms with Crippen LogP contribution in [0.1, 0.15) is 16.5 Å². The predicted molar refractivity (Wildman–Crippen MR) is 102 cm³/mol. The van der Waals surface area contributed by atoms with Crippen molar-refractivity contribution < 1.29 is 8.42 Å². The van der Waals surface area contributed by atoms with Gasteiger partial charge in [0.15, 0.2) is 0 Å². The lowest BCUT2D eigenvalue weighted by Crippen LogP contribution is -2.49. The number of thiophene rings is 1. The number of halogens is 1. The molecule has 1 aromatic heterocycles. The third-order valence-corrected chi connectivity index (χ3v) is 8.15. The molecule has 0 bridgehead atoms. The van der Waals surface area contributed by atoms with Crippen molar-refractivity contribution in [2.75, 3.05) is 26.2 Å². The van der Waals surface area contributed by atoms with Gasteiger partial charge in [-0.25, -0.2) is 8.42 Å². The van der Waals surface area contributed by atoms with Crippen molar-refractivity contribution in [3.8, 4) is 6.07 Å². The van der Waals surface area contributed by atoms with Crippen molar-refractivity contribution in [2.45, 2.75) is 17.2 Å². The first kappa shape index (κ1) is 18.5. The fourth-order valence-corrected chi connectivity index (χ4v) is 6.02. The van der Waals surface area contributed by atoms with E-state index >= 15 is 0 Å². The molecule has 1 aliphatic heterocycles. The maximum absolute atomic E-state index is 12.7. The Bertz CT molecular complexity index is 879. The van der Waals surface area contributed by atoms with Crippen LogP contribution >= 0.6 is 27.3 Å². The van der Waals surface area contributed by atoms with Gasteiger partial charge in [-0.3, -0.25) is 4.90 Å². The zero-order valence-electron chi connectivity index (χ0n) is 13.7. The van der Waals surface area contributed by atoms with E-state index in [0.717, 1.165) is 14.9 Å². The highest BCUT2D eigenvalue weighted by atomic mass is 79.9. The van der Waals surface area contributed by atoms with Crippen LogP contribution in [-0.4, -0.2) is 43.8 Å². The summed E-state index contributed by atoms with van der Waals surface area (Å²) in [7, 11) is -3.43. The number of sulfonamides is 1. The van der Waals surface area contributed by atoms with E-state index in [9.17, 15) is 13.7 Å². The summed E-state index contributed by atoms with van der Waals surface area (Å²) in [6.45, 7) is 3.77. The quantitative estimate of drug-likeness (QED) is 0.731. The second kappa shape index (κ2) is 7.56. The molecular formula is C17H18BrN3O2S2. The first-order valence-corrected chi connectivity index (χ1v) is 10.9. The zero-order chi connectivity index (χ0) is 18.0. The maximum Gasteiger partial charge on any atom is 0.252 e. The van der Waals surface area contributed by atoms with Gasteiger partial charge in [-0.05, 0) is 36.8 Å². The summed E-state index contributed by atoms with van der Waals surface area (Å²) >= 11 is 4.70. The van der Waals surface area contributed by atoms with E-state index in [-0.39, 0.29) is 6.04 Å². The van der Waals surface area contributed by atoms with Gasteiger partial charge in [0.05, 0.1) is 6.07 Å². The Balaban J connectivity index is 1.71. The number of hydrogen-bond acceptors (Lipinski definition) is 5. The van der Waals surface area contributed by atoms with Gasteiger partial charge in [0.25, 0.3) is 10.0 Å². The first-order valence-electron chi connectivity index (χ1n) is 7.87. The SMILES string of the molecule is Cc1ccc(S(=O)(=O)N2CCN([C@H](C#N)c3ccc(Br)cc3)CC2)s1. The molecule has 132 valence electrons. The second-order valence-corrected chi connectivity index (χ2v) is 10.3. The molecule has 0 spiro atoms. The van der Waals surface area contributed by atoms with Crippen molar-refractivity contribution >= 4 is 37.3 Å². The van der Waals surface area contributed by atoms with Crippen LogP contribution in [0, 0.1) is 18.3 Å². The Kier molecular flexibility index (Phi) is 5.61. The Hall–Kier alpha value is -1.24. The Labute approximate surface area is 160 Å². The maximum atomic E-state index is 12.7. The largest absolute Gasteiger partial charge is 0.282 e. The molecule has 3 rings (SSSR count). The average molecular weight is 440 g/mol. The van der Waals surface area contributed by atoms with Crippen molar-refractivity contribution in [2.24, 2.45) is 0 Å². The van der Waals surface area contributed by atoms with Gasteiger partial charge in [-0.1, -0.05) is 28.1 Å². The van der Waals surface area contributed by atoms with Crippen LogP contribution in [0.2, 0.25) is 0 Å². The van der Waals surface area contributed by atoms with Gasteiger partial charge in [0, 0.05) is 35.5 Å². The summed E-state index contributed by atoms with van der Waals surface area (Å²) in [5.41, 5.74) is 0.927. The Morgan fingerprint density at radius 1 is 1.12 bits per heavy atom. The van der Waals surface area contributed by atoms with Crippen LogP contribution in [0.5, 0.6) is 0 Å². The molecule has 0 N–H and O–H groups in total. The predicted octanol–water partition coefficient (Wildman–Crippen LogP) is 3.39. The standard InChI is InChI=1S/C17H18BrN3O2S2/c1-13-2-7-17(24-13)25(22,23)21-10-8-20(9-11-21)16(12-19)14-3-5-15(18)6-4-14/h2-7,16H,8-11H2,1H3/t16-/m1/s1. The van der Waals surface area contributed by atoms with E-state index in [2.05, 4.69) is 22.0 Å². The lowest BCUT2D eigenvalue weighted by atomic mass is 10.1. The number of nitriles is 1. The lowest BCUT2D eigenvalue weighted by molar-refractivity contribution is 0.163. The smallest absolute Gasteiger partial charge is 0.252 e. The van der Waals surface area contributed by atoms with Crippen LogP contribution in [0.25, 0.3) is 0 Å². The van der Waals surface area contributed by atoms with Gasteiger partial charge < -0.3 is 0 Å². The highest BCUT2D eigenvalue weighted by molar-refractivity contribution is 9.10. The molecule has 25 heavy (non-hydrogen) atoms. The molecule has 5 nitrogen and oxygen atoms in total. The molecule has 0 aliphatic carbocycles. The van der Waals surface area contributed by atoms with Crippen LogP contribution in [-0.2, 0) is 10.0 Å². The van der Waals surface area contributed by atoms with Crippen molar-refractivity contribution in [3.05, 3.63) is 51.3 Å². The number of nitrogens with zero attached hydrogens (tertiary/aromatic N) is 3. The highest BCUT2D eigenvalue weighted by Crippen LogP contribution is 2.27. The van der Waals surface area contributed by atoms with Crippen LogP contribution < -0.4 is 0 Å². The molecular weight excluding hydrogens is 422 g/mol. The molecule has 1 fully saturated rings. The molecule has 0 saturated carbocycles. The zero-order valence-corrected chi connectivity index (χ0v) is 16.9. The van der Waals surface area contributed by atoms with E-state index in [4.69, 9.17) is 0 Å². The third-order valence-electron chi connectivity index (χ3n) is 4.26. The van der Waals surface area contributed by atoms with Crippen molar-refractivity contribution in [1.29, 1.82) is 5.26 Å². The summed E-state index contributed by atoms with van der Waals surface area (Å²) in [6, 6.07) is 13.2. The van der Waals surface area contributed by atoms with Gasteiger partial charge in [-0.15, -0.1) is 11.3 Å². The number of aryl methyl sites for hydroxylation is 1. The van der Waals surface area contributed by atoms with Crippen LogP contribution in [0.15, 0.2) is 45.1 Å². The minimum atomic E-state index is -3.43. The molecule has 1 saturated heterocycles. The van der Waals surface area contributed by atoms with Crippen LogP contribution in [0.4, 0.5) is 0 Å². The summed E-state index contributed by atoms with van der Waals surface area (Å²) in [6.07, 6.45) is 0. The van der Waals surface area contributed by atoms with Gasteiger partial charge >= 0.3 is 0 Å². The normalized spacial score (nSPS) is 18.0. The molecule has 0 radical (unpaired) electrons. The molecule has 1 aromatic carbocycles. The average Bonchev–Trinajstić information content (AvgIpc) is 3.05. The molecule has 1 aliphatic rings. The van der Waals surface area contributed by atoms with Gasteiger partial charge in [-0.2, -0.15) is 9.57 Å². The van der Waals surface area contributed by atoms with Gasteiger partial charge in [0.2, 0.25) is 0 Å². The highest BCUT2D eigenvalue weighted by Gasteiger charge is 2.32. The van der Waals surface area contributed by atoms with E-state index in [0.29, 0.717) is 30.4 Å². The van der Waals surface area contributed by atoms with E-state index in [1.54, 1.807) is 6.07 Å². The molecule has 0 amide bonds. The van der Waals surface area contributed by atoms with E-state index in [1.165, 1.54) is 15.6 Å². The van der Waals surface area contributed by atoms with E-state index < -0.39 is 10.0 Å². The summed E-state index contributed by atoms with van der Waals surface area (Å²) < 4.78 is 28.3. The molecule has 0 unspecified atom stereocenters. The minimum Gasteiger partial charge on any atom is -0.282 e. The van der Waals surface area contributed by atoms with Crippen molar-refractivity contribution in [3.63, 3.8) is 0 Å². The Morgan fingerprint density at radius 2 is 1.76 bits per heavy atom. The van der Waals surface area contributed by atoms with Gasteiger partial charge in [0.1, 0.15) is 10.3 Å². The number of benzene rings is 1. The molecule has 1 atom stereocenters. The fourth-order valence-electron chi connectivity index (χ4n) is 2.89. The fraction of sp³-hybridized carbons (Fsp3) is 0.353. The topological polar surface area (TPSA) is 64.4 Å². The van der Waals surface area contributed by atoms with E-state index in [1.807, 2.05) is 42.2 Å². The first-order chi connectivity index (χ1) is 11.9. The van der Waals surface area contributed by atoms with Crippen LogP contribution in [0.3, 0.4) is 0 Å². The summed E-state index contributed by atoms with van der Waals surface area (Å²) in [4.78, 5) is 3.02. The molecule has 2 aromatic rings. The summed E-state index contributed by atoms with van der Waals surface area (Å²) in [5, 5.41) is 9.57. The monoisotopic (exact) mass is 439 g/mol. The third kappa shape index (κ3) is 3.96. The van der Waals surface area contributed by atoms with Crippen molar-refractivity contribution in [1.82, 2.24) is 9.21 Å². The minimum absolute atomic E-state index is 0.359. The Morgan fingerprint density at radius 3 is 2.28 bits per heavy atom. The second-order valence-electron chi connectivity index (χ2n) is 5.89.